The van der Waals surface area contributed by atoms with Gasteiger partial charge < -0.3 is 10.2 Å². The Morgan fingerprint density at radius 2 is 1.79 bits per heavy atom. The Morgan fingerprint density at radius 1 is 1.05 bits per heavy atom. The van der Waals surface area contributed by atoms with Gasteiger partial charge in [0.1, 0.15) is 24.1 Å². The molecule has 11 heteroatoms. The second kappa shape index (κ2) is 11.0. The monoisotopic (exact) mass is 618 g/mol. The van der Waals surface area contributed by atoms with Crippen LogP contribution in [-0.2, 0) is 22.6 Å². The van der Waals surface area contributed by atoms with Crippen molar-refractivity contribution in [3.05, 3.63) is 75.4 Å². The fourth-order valence-corrected chi connectivity index (χ4v) is 6.76. The first kappa shape index (κ1) is 29.3. The highest BCUT2D eigenvalue weighted by molar-refractivity contribution is 6.33. The maximum atomic E-state index is 13.9. The van der Waals surface area contributed by atoms with E-state index in [0.717, 1.165) is 28.7 Å². The summed E-state index contributed by atoms with van der Waals surface area (Å²) in [5.74, 6) is 0.0966. The lowest BCUT2D eigenvalue weighted by Gasteiger charge is -2.27. The number of hydrogen-bond donors (Lipinski definition) is 1. The van der Waals surface area contributed by atoms with E-state index in [1.165, 1.54) is 6.92 Å². The fraction of sp³-hybridized carbons (Fsp3) is 0.375. The van der Waals surface area contributed by atoms with Gasteiger partial charge in [-0.3, -0.25) is 19.1 Å². The van der Waals surface area contributed by atoms with Gasteiger partial charge in [0, 0.05) is 52.9 Å². The third-order valence-corrected chi connectivity index (χ3v) is 9.30. The van der Waals surface area contributed by atoms with Crippen LogP contribution >= 0.6 is 23.2 Å². The molecule has 1 saturated heterocycles. The van der Waals surface area contributed by atoms with Crippen molar-refractivity contribution in [1.29, 1.82) is 0 Å². The smallest absolute Gasteiger partial charge is 0.245 e. The lowest BCUT2D eigenvalue weighted by atomic mass is 10.0. The highest BCUT2D eigenvalue weighted by atomic mass is 35.5. The Morgan fingerprint density at radius 3 is 2.51 bits per heavy atom. The fourth-order valence-electron chi connectivity index (χ4n) is 6.35. The number of ketones is 1. The van der Waals surface area contributed by atoms with E-state index >= 15 is 0 Å². The van der Waals surface area contributed by atoms with Crippen LogP contribution in [0.3, 0.4) is 0 Å². The minimum absolute atomic E-state index is 0.00136. The van der Waals surface area contributed by atoms with Crippen molar-refractivity contribution in [3.8, 4) is 11.1 Å². The second-order valence-corrected chi connectivity index (χ2v) is 12.8. The second-order valence-electron chi connectivity index (χ2n) is 11.9. The summed E-state index contributed by atoms with van der Waals surface area (Å²) in [5.41, 5.74) is 4.34. The topological polar surface area (TPSA) is 110 Å². The van der Waals surface area contributed by atoms with E-state index in [1.54, 1.807) is 40.2 Å². The van der Waals surface area contributed by atoms with Crippen molar-refractivity contribution in [2.45, 2.75) is 65.6 Å². The van der Waals surface area contributed by atoms with Crippen LogP contribution in [0.2, 0.25) is 10.0 Å². The Hall–Kier alpha value is -3.82. The summed E-state index contributed by atoms with van der Waals surface area (Å²) < 4.78 is 1.60. The van der Waals surface area contributed by atoms with Gasteiger partial charge in [-0.05, 0) is 85.5 Å². The van der Waals surface area contributed by atoms with Crippen LogP contribution in [0.1, 0.15) is 54.1 Å². The van der Waals surface area contributed by atoms with E-state index in [2.05, 4.69) is 27.3 Å². The summed E-state index contributed by atoms with van der Waals surface area (Å²) >= 11 is 12.4. The predicted molar refractivity (Wildman–Crippen MR) is 165 cm³/mol. The Bertz CT molecular complexity index is 1790. The number of aromatic nitrogens is 4. The quantitative estimate of drug-likeness (QED) is 0.266. The lowest BCUT2D eigenvalue weighted by molar-refractivity contribution is -0.140. The molecule has 222 valence electrons. The molecule has 4 aromatic rings. The molecule has 43 heavy (non-hydrogen) atoms. The lowest BCUT2D eigenvalue weighted by Crippen LogP contribution is -2.49. The number of rotatable bonds is 8. The Labute approximate surface area is 259 Å². The molecule has 2 aromatic carbocycles. The number of halogens is 2. The van der Waals surface area contributed by atoms with Gasteiger partial charge in [-0.1, -0.05) is 30.1 Å². The van der Waals surface area contributed by atoms with Crippen LogP contribution in [-0.4, -0.2) is 60.9 Å². The zero-order valence-corrected chi connectivity index (χ0v) is 26.0. The van der Waals surface area contributed by atoms with Crippen molar-refractivity contribution in [2.75, 3.05) is 6.54 Å². The van der Waals surface area contributed by atoms with Gasteiger partial charge in [0.05, 0.1) is 5.52 Å². The highest BCUT2D eigenvalue weighted by Gasteiger charge is 2.64. The van der Waals surface area contributed by atoms with Crippen molar-refractivity contribution < 1.29 is 14.4 Å². The van der Waals surface area contributed by atoms with Gasteiger partial charge in [0.15, 0.2) is 5.78 Å². The first-order valence-electron chi connectivity index (χ1n) is 14.3. The van der Waals surface area contributed by atoms with Crippen LogP contribution in [0.4, 0.5) is 0 Å². The number of benzene rings is 2. The van der Waals surface area contributed by atoms with Gasteiger partial charge in [-0.25, -0.2) is 9.97 Å². The molecule has 3 heterocycles. The number of aryl methyl sites for hydroxylation is 2. The Balaban J connectivity index is 1.24. The molecule has 1 N–H and O–H groups in total. The summed E-state index contributed by atoms with van der Waals surface area (Å²) in [5, 5.41) is 9.44. The van der Waals surface area contributed by atoms with E-state index in [1.807, 2.05) is 26.0 Å². The number of piperidine rings is 1. The number of Topliss-reactive ketones (excluding diaryl/α,β-unsaturated/α-hetero) is 1. The van der Waals surface area contributed by atoms with Gasteiger partial charge in [0.2, 0.25) is 11.8 Å². The molecule has 9 nitrogen and oxygen atoms in total. The summed E-state index contributed by atoms with van der Waals surface area (Å²) in [7, 11) is 0. The average molecular weight is 620 g/mol. The van der Waals surface area contributed by atoms with Crippen LogP contribution < -0.4 is 5.32 Å². The van der Waals surface area contributed by atoms with E-state index in [4.69, 9.17) is 23.2 Å². The number of amides is 2. The number of carbonyl (C=O) groups is 3. The van der Waals surface area contributed by atoms with Crippen LogP contribution in [0, 0.1) is 19.3 Å². The maximum Gasteiger partial charge on any atom is 0.245 e. The summed E-state index contributed by atoms with van der Waals surface area (Å²) in [6.07, 6.45) is 5.49. The standard InChI is InChI=1S/C32H32Cl2N6O3/c1-17-9-21(22-14-36-19(3)37-15-22)11-24-29(18(2)41)38-39(30(17)24)16-28(42)40-26(12-32(4)13-27(32)40)31(43)35-8-7-20-10-23(33)5-6-25(20)34/h5-6,9-11,14-15,26-27H,7-8,12-13,16H2,1-4H3,(H,35,43)/t26-,27?,32-/m0/s1. The molecular formula is C32H32Cl2N6O3. The van der Waals surface area contributed by atoms with Crippen molar-refractivity contribution in [2.24, 2.45) is 5.41 Å². The molecule has 2 aromatic heterocycles. The molecule has 2 aliphatic rings. The van der Waals surface area contributed by atoms with E-state index in [9.17, 15) is 14.4 Å². The van der Waals surface area contributed by atoms with Gasteiger partial charge in [0.25, 0.3) is 0 Å². The predicted octanol–water partition coefficient (Wildman–Crippen LogP) is 5.36. The van der Waals surface area contributed by atoms with Crippen LogP contribution in [0.25, 0.3) is 22.0 Å². The largest absolute Gasteiger partial charge is 0.354 e. The van der Waals surface area contributed by atoms with Crippen LogP contribution in [0.15, 0.2) is 42.7 Å². The molecule has 2 amide bonds. The molecule has 3 atom stereocenters. The number of fused-ring (bicyclic) bond motifs is 2. The minimum Gasteiger partial charge on any atom is -0.354 e. The average Bonchev–Trinajstić information content (AvgIpc) is 3.31. The molecule has 1 saturated carbocycles. The molecule has 0 radical (unpaired) electrons. The Kier molecular flexibility index (Phi) is 7.50. The number of hydrogen-bond acceptors (Lipinski definition) is 6. The third kappa shape index (κ3) is 5.52. The first-order chi connectivity index (χ1) is 20.4. The van der Waals surface area contributed by atoms with E-state index in [0.29, 0.717) is 51.9 Å². The van der Waals surface area contributed by atoms with Crippen LogP contribution in [0.5, 0.6) is 0 Å². The summed E-state index contributed by atoms with van der Waals surface area (Å²) in [6.45, 7) is 7.64. The molecule has 1 aliphatic heterocycles. The van der Waals surface area contributed by atoms with Crippen molar-refractivity contribution in [1.82, 2.24) is 30.0 Å². The number of carbonyl (C=O) groups excluding carboxylic acids is 3. The van der Waals surface area contributed by atoms with Crippen molar-refractivity contribution in [3.63, 3.8) is 0 Å². The normalized spacial score (nSPS) is 20.7. The third-order valence-electron chi connectivity index (χ3n) is 8.69. The SMILES string of the molecule is CC(=O)c1nn(CC(=O)N2C3C[C@]3(C)C[C@H]2C(=O)NCCc2cc(Cl)ccc2Cl)c2c(C)cc(-c3cnc(C)nc3)cc12. The molecule has 6 rings (SSSR count). The number of likely N-dealkylation sites (tertiary alicyclic amines) is 1. The number of nitrogens with zero attached hydrogens (tertiary/aromatic N) is 5. The summed E-state index contributed by atoms with van der Waals surface area (Å²) in [4.78, 5) is 50.2. The molecule has 0 bridgehead atoms. The van der Waals surface area contributed by atoms with E-state index in [-0.39, 0.29) is 35.6 Å². The first-order valence-corrected chi connectivity index (χ1v) is 15.0. The molecule has 0 spiro atoms. The van der Waals surface area contributed by atoms with Gasteiger partial charge in [-0.2, -0.15) is 5.10 Å². The number of nitrogens with one attached hydrogen (secondary N) is 1. The molecule has 1 aliphatic carbocycles. The molecule has 2 fully saturated rings. The van der Waals surface area contributed by atoms with Gasteiger partial charge in [-0.15, -0.1) is 0 Å². The molecular weight excluding hydrogens is 587 g/mol. The minimum atomic E-state index is -0.575. The molecule has 1 unspecified atom stereocenters. The summed E-state index contributed by atoms with van der Waals surface area (Å²) in [6, 6.07) is 8.57. The zero-order chi connectivity index (χ0) is 30.6. The van der Waals surface area contributed by atoms with Crippen molar-refractivity contribution >= 4 is 51.7 Å². The zero-order valence-electron chi connectivity index (χ0n) is 24.4. The highest BCUT2D eigenvalue weighted by Crippen LogP contribution is 2.59. The van der Waals surface area contributed by atoms with E-state index < -0.39 is 6.04 Å². The maximum absolute atomic E-state index is 13.9. The van der Waals surface area contributed by atoms with Gasteiger partial charge >= 0.3 is 0 Å².